The summed E-state index contributed by atoms with van der Waals surface area (Å²) in [5, 5.41) is 8.51. The van der Waals surface area contributed by atoms with Crippen molar-refractivity contribution in [3.8, 4) is 0 Å². The molecule has 0 fully saturated rings. The minimum Gasteiger partial charge on any atom is -0.481 e. The van der Waals surface area contributed by atoms with E-state index in [1.54, 1.807) is 0 Å². The minimum atomic E-state index is -3.33. The van der Waals surface area contributed by atoms with Crippen molar-refractivity contribution < 1.29 is 23.1 Å². The van der Waals surface area contributed by atoms with Crippen LogP contribution in [0, 0.1) is 5.92 Å². The van der Waals surface area contributed by atoms with Crippen LogP contribution in [0.5, 0.6) is 0 Å². The van der Waals surface area contributed by atoms with Crippen LogP contribution in [0.2, 0.25) is 0 Å². The smallest absolute Gasteiger partial charge is 0.303 e. The van der Waals surface area contributed by atoms with Crippen molar-refractivity contribution in [1.29, 1.82) is 0 Å². The highest BCUT2D eigenvalue weighted by atomic mass is 32.2. The molecule has 0 aliphatic carbocycles. The lowest BCUT2D eigenvalue weighted by Gasteiger charge is -2.07. The van der Waals surface area contributed by atoms with Gasteiger partial charge in [0.1, 0.15) is 0 Å². The Morgan fingerprint density at radius 2 is 1.65 bits per heavy atom. The van der Waals surface area contributed by atoms with Crippen LogP contribution in [-0.2, 0) is 14.6 Å². The molecule has 0 saturated carbocycles. The van der Waals surface area contributed by atoms with Gasteiger partial charge >= 0.3 is 5.97 Å². The molecule has 0 amide bonds. The van der Waals surface area contributed by atoms with Crippen LogP contribution in [0.4, 0.5) is 0 Å². The van der Waals surface area contributed by atoms with E-state index in [0.29, 0.717) is 5.56 Å². The Balaban J connectivity index is 2.84. The first-order valence-corrected chi connectivity index (χ1v) is 7.95. The lowest BCUT2D eigenvalue weighted by Crippen LogP contribution is -2.12. The molecule has 1 N–H and O–H groups in total. The Morgan fingerprint density at radius 3 is 2.10 bits per heavy atom. The predicted octanol–water partition coefficient (Wildman–Crippen LogP) is 2.16. The van der Waals surface area contributed by atoms with Gasteiger partial charge in [0.15, 0.2) is 15.6 Å². The molecule has 110 valence electrons. The van der Waals surface area contributed by atoms with Crippen LogP contribution in [0.1, 0.15) is 37.0 Å². The number of sulfone groups is 1. The summed E-state index contributed by atoms with van der Waals surface area (Å²) in [6.45, 7) is 3.64. The van der Waals surface area contributed by atoms with E-state index in [4.69, 9.17) is 5.11 Å². The summed E-state index contributed by atoms with van der Waals surface area (Å²) >= 11 is 0. The summed E-state index contributed by atoms with van der Waals surface area (Å²) in [6, 6.07) is 5.65. The fourth-order valence-corrected chi connectivity index (χ4v) is 3.37. The largest absolute Gasteiger partial charge is 0.481 e. The molecule has 0 heterocycles. The number of rotatable bonds is 7. The third-order valence-corrected chi connectivity index (χ3v) is 4.75. The van der Waals surface area contributed by atoms with Gasteiger partial charge in [0.25, 0.3) is 0 Å². The minimum absolute atomic E-state index is 0.0249. The second kappa shape index (κ2) is 6.65. The van der Waals surface area contributed by atoms with E-state index in [-0.39, 0.29) is 35.2 Å². The van der Waals surface area contributed by atoms with E-state index in [0.717, 1.165) is 0 Å². The highest BCUT2D eigenvalue weighted by molar-refractivity contribution is 7.91. The van der Waals surface area contributed by atoms with Gasteiger partial charge in [-0.05, 0) is 18.1 Å². The number of Topliss-reactive ketones (excluding diaryl/α,β-unsaturated/α-hetero) is 1. The number of benzene rings is 1. The van der Waals surface area contributed by atoms with Crippen LogP contribution in [-0.4, -0.2) is 31.0 Å². The molecule has 0 spiro atoms. The Kier molecular flexibility index (Phi) is 5.44. The van der Waals surface area contributed by atoms with Gasteiger partial charge in [-0.25, -0.2) is 8.42 Å². The van der Waals surface area contributed by atoms with Crippen molar-refractivity contribution in [3.63, 3.8) is 0 Å². The topological polar surface area (TPSA) is 88.5 Å². The fourth-order valence-electron chi connectivity index (χ4n) is 1.75. The first-order chi connectivity index (χ1) is 9.22. The molecule has 1 rings (SSSR count). The Bertz CT molecular complexity index is 584. The van der Waals surface area contributed by atoms with E-state index >= 15 is 0 Å². The maximum atomic E-state index is 12.0. The van der Waals surface area contributed by atoms with Gasteiger partial charge in [0, 0.05) is 12.0 Å². The summed E-state index contributed by atoms with van der Waals surface area (Å²) in [4.78, 5) is 22.2. The van der Waals surface area contributed by atoms with Gasteiger partial charge in [0.05, 0.1) is 17.1 Å². The quantitative estimate of drug-likeness (QED) is 0.779. The maximum Gasteiger partial charge on any atom is 0.303 e. The number of hydrogen-bond acceptors (Lipinski definition) is 4. The zero-order valence-electron chi connectivity index (χ0n) is 11.5. The lowest BCUT2D eigenvalue weighted by atomic mass is 10.1. The second-order valence-electron chi connectivity index (χ2n) is 5.02. The molecule has 5 nitrogen and oxygen atoms in total. The molecule has 0 aromatic heterocycles. The SMILES string of the molecule is CC(C)CS(=O)(=O)c1ccc(C(=O)CCC(=O)O)cc1. The molecule has 0 unspecified atom stereocenters. The van der Waals surface area contributed by atoms with Crippen molar-refractivity contribution in [1.82, 2.24) is 0 Å². The second-order valence-corrected chi connectivity index (χ2v) is 7.05. The average Bonchev–Trinajstić information content (AvgIpc) is 2.34. The Morgan fingerprint density at radius 1 is 1.10 bits per heavy atom. The summed E-state index contributed by atoms with van der Waals surface area (Å²) in [5.41, 5.74) is 0.328. The van der Waals surface area contributed by atoms with Crippen molar-refractivity contribution in [2.45, 2.75) is 31.6 Å². The van der Waals surface area contributed by atoms with Crippen LogP contribution in [0.25, 0.3) is 0 Å². The maximum absolute atomic E-state index is 12.0. The van der Waals surface area contributed by atoms with Crippen LogP contribution < -0.4 is 0 Å². The van der Waals surface area contributed by atoms with Gasteiger partial charge < -0.3 is 5.11 Å². The van der Waals surface area contributed by atoms with E-state index in [9.17, 15) is 18.0 Å². The number of aliphatic carboxylic acids is 1. The lowest BCUT2D eigenvalue weighted by molar-refractivity contribution is -0.136. The first-order valence-electron chi connectivity index (χ1n) is 6.30. The van der Waals surface area contributed by atoms with Gasteiger partial charge in [-0.3, -0.25) is 9.59 Å². The summed E-state index contributed by atoms with van der Waals surface area (Å²) in [6.07, 6.45) is -0.320. The van der Waals surface area contributed by atoms with E-state index < -0.39 is 15.8 Å². The molecule has 1 aromatic rings. The van der Waals surface area contributed by atoms with E-state index in [2.05, 4.69) is 0 Å². The normalized spacial score (nSPS) is 11.6. The number of hydrogen-bond donors (Lipinski definition) is 1. The van der Waals surface area contributed by atoms with Crippen molar-refractivity contribution >= 4 is 21.6 Å². The van der Waals surface area contributed by atoms with Gasteiger partial charge in [-0.1, -0.05) is 26.0 Å². The Labute approximate surface area is 118 Å². The van der Waals surface area contributed by atoms with Crippen molar-refractivity contribution in [2.75, 3.05) is 5.75 Å². The third kappa shape index (κ3) is 4.77. The fraction of sp³-hybridized carbons (Fsp3) is 0.429. The molecule has 20 heavy (non-hydrogen) atoms. The van der Waals surface area contributed by atoms with Crippen LogP contribution in [0.3, 0.4) is 0 Å². The number of ketones is 1. The van der Waals surface area contributed by atoms with Crippen LogP contribution >= 0.6 is 0 Å². The standard InChI is InChI=1S/C14H18O5S/c1-10(2)9-20(18,19)12-5-3-11(4-6-12)13(15)7-8-14(16)17/h3-6,10H,7-9H2,1-2H3,(H,16,17). The number of carbonyl (C=O) groups excluding carboxylic acids is 1. The third-order valence-electron chi connectivity index (χ3n) is 2.65. The van der Waals surface area contributed by atoms with Crippen LogP contribution in [0.15, 0.2) is 29.2 Å². The predicted molar refractivity (Wildman–Crippen MR) is 74.5 cm³/mol. The van der Waals surface area contributed by atoms with Gasteiger partial charge in [-0.2, -0.15) is 0 Å². The molecule has 0 bridgehead atoms. The summed E-state index contributed by atoms with van der Waals surface area (Å²) in [7, 11) is -3.33. The van der Waals surface area contributed by atoms with Crippen molar-refractivity contribution in [3.05, 3.63) is 29.8 Å². The average molecular weight is 298 g/mol. The summed E-state index contributed by atoms with van der Waals surface area (Å²) in [5.74, 6) is -1.26. The highest BCUT2D eigenvalue weighted by Crippen LogP contribution is 2.16. The summed E-state index contributed by atoms with van der Waals surface area (Å²) < 4.78 is 24.0. The number of carboxylic acids is 1. The number of carbonyl (C=O) groups is 2. The first kappa shape index (κ1) is 16.4. The number of carboxylic acid groups (broad SMARTS) is 1. The molecule has 1 aromatic carbocycles. The zero-order valence-corrected chi connectivity index (χ0v) is 12.3. The highest BCUT2D eigenvalue weighted by Gasteiger charge is 2.17. The molecular weight excluding hydrogens is 280 g/mol. The van der Waals surface area contributed by atoms with E-state index in [1.165, 1.54) is 24.3 Å². The van der Waals surface area contributed by atoms with Gasteiger partial charge in [0.2, 0.25) is 0 Å². The zero-order chi connectivity index (χ0) is 15.3. The molecule has 0 aliphatic rings. The molecule has 0 atom stereocenters. The molecular formula is C14H18O5S. The molecule has 0 aliphatic heterocycles. The van der Waals surface area contributed by atoms with Gasteiger partial charge in [-0.15, -0.1) is 0 Å². The Hall–Kier alpha value is -1.69. The van der Waals surface area contributed by atoms with Crippen molar-refractivity contribution in [2.24, 2.45) is 5.92 Å². The molecule has 0 radical (unpaired) electrons. The van der Waals surface area contributed by atoms with E-state index in [1.807, 2.05) is 13.8 Å². The monoisotopic (exact) mass is 298 g/mol. The molecule has 0 saturated heterocycles. The molecule has 6 heteroatoms.